The highest BCUT2D eigenvalue weighted by Crippen LogP contribution is 2.37. The van der Waals surface area contributed by atoms with E-state index < -0.39 is 0 Å². The highest BCUT2D eigenvalue weighted by Gasteiger charge is 2.35. The Balaban J connectivity index is 1.33. The summed E-state index contributed by atoms with van der Waals surface area (Å²) in [5, 5.41) is 12.5. The van der Waals surface area contributed by atoms with Crippen LogP contribution in [0.5, 0.6) is 6.01 Å². The predicted octanol–water partition coefficient (Wildman–Crippen LogP) is 4.91. The lowest BCUT2D eigenvalue weighted by atomic mass is 10.0. The Hall–Kier alpha value is -3.61. The lowest BCUT2D eigenvalue weighted by Crippen LogP contribution is -2.56. The van der Waals surface area contributed by atoms with E-state index in [1.807, 2.05) is 30.9 Å². The van der Waals surface area contributed by atoms with E-state index in [2.05, 4.69) is 52.1 Å². The van der Waals surface area contributed by atoms with Gasteiger partial charge in [0.2, 0.25) is 5.91 Å². The summed E-state index contributed by atoms with van der Waals surface area (Å²) in [6.45, 7) is 8.64. The van der Waals surface area contributed by atoms with E-state index in [0.717, 1.165) is 64.5 Å². The molecular weight excluding hydrogens is 562 g/mol. The van der Waals surface area contributed by atoms with Crippen molar-refractivity contribution < 1.29 is 9.53 Å². The quantitative estimate of drug-likeness (QED) is 0.378. The minimum atomic E-state index is -0.186. The molecule has 4 heterocycles. The van der Waals surface area contributed by atoms with Crippen LogP contribution in [-0.2, 0) is 17.8 Å². The summed E-state index contributed by atoms with van der Waals surface area (Å²) >= 11 is 6.71. The highest BCUT2D eigenvalue weighted by atomic mass is 35.5. The Labute approximate surface area is 259 Å². The number of rotatable bonds is 7. The number of fused-ring (bicyclic) bond motifs is 2. The van der Waals surface area contributed by atoms with Crippen LogP contribution < -0.4 is 14.5 Å². The fourth-order valence-electron chi connectivity index (χ4n) is 6.77. The minimum absolute atomic E-state index is 0.0960. The Kier molecular flexibility index (Phi) is 8.60. The van der Waals surface area contributed by atoms with E-state index >= 15 is 0 Å². The van der Waals surface area contributed by atoms with Crippen LogP contribution in [-0.4, -0.2) is 84.1 Å². The zero-order valence-electron chi connectivity index (χ0n) is 25.3. The number of likely N-dealkylation sites (N-methyl/N-ethyl adjacent to an activating group) is 1. The smallest absolute Gasteiger partial charge is 0.318 e. The van der Waals surface area contributed by atoms with Gasteiger partial charge in [-0.1, -0.05) is 49.7 Å². The predicted molar refractivity (Wildman–Crippen MR) is 170 cm³/mol. The van der Waals surface area contributed by atoms with Gasteiger partial charge in [-0.25, -0.2) is 0 Å². The number of ether oxygens (including phenoxy) is 1. The van der Waals surface area contributed by atoms with E-state index in [1.165, 1.54) is 6.42 Å². The van der Waals surface area contributed by atoms with E-state index in [1.54, 1.807) is 0 Å². The van der Waals surface area contributed by atoms with E-state index in [9.17, 15) is 10.1 Å². The first kappa shape index (κ1) is 29.5. The summed E-state index contributed by atoms with van der Waals surface area (Å²) in [5.74, 6) is 0.857. The van der Waals surface area contributed by atoms with Crippen LogP contribution in [0.25, 0.3) is 10.8 Å². The zero-order valence-corrected chi connectivity index (χ0v) is 26.1. The van der Waals surface area contributed by atoms with Gasteiger partial charge >= 0.3 is 6.01 Å². The number of halogens is 1. The third-order valence-corrected chi connectivity index (χ3v) is 9.47. The summed E-state index contributed by atoms with van der Waals surface area (Å²) in [7, 11) is 2.14. The van der Waals surface area contributed by atoms with Gasteiger partial charge in [0.1, 0.15) is 12.4 Å². The van der Waals surface area contributed by atoms with Crippen LogP contribution in [0.3, 0.4) is 0 Å². The van der Waals surface area contributed by atoms with Crippen molar-refractivity contribution in [3.63, 3.8) is 0 Å². The molecule has 2 aromatic carbocycles. The van der Waals surface area contributed by atoms with Crippen LogP contribution in [0, 0.1) is 17.2 Å². The number of benzene rings is 2. The van der Waals surface area contributed by atoms with Crippen molar-refractivity contribution in [2.24, 2.45) is 5.92 Å². The first-order chi connectivity index (χ1) is 20.8. The molecule has 2 atom stereocenters. The SMILES string of the molecule is CC(C)C(=O)N1CCN(c2nc(OC[C@@H]3CCCN3C)nc3c2CCN(c2cccc4cccc(Cl)c24)C3)C[C@@H]1CC#N. The van der Waals surface area contributed by atoms with Crippen molar-refractivity contribution >= 4 is 39.8 Å². The standard InChI is InChI=1S/C33H40ClN7O2/c1-22(2)32(42)41-18-17-40(19-24(41)12-14-35)31-26-13-16-39(29-11-5-8-23-7-4-10-27(34)30(23)29)20-28(26)36-33(37-31)43-21-25-9-6-15-38(25)3/h4-5,7-8,10-11,22,24-25H,6,9,12-13,15-21H2,1-3H3/t24-,25-/m0/s1. The van der Waals surface area contributed by atoms with Crippen LogP contribution in [0.2, 0.25) is 5.02 Å². The van der Waals surface area contributed by atoms with Gasteiger partial charge in [0.05, 0.1) is 35.8 Å². The Morgan fingerprint density at radius 2 is 1.91 bits per heavy atom. The number of carbonyl (C=O) groups is 1. The molecule has 0 radical (unpaired) electrons. The van der Waals surface area contributed by atoms with Crippen LogP contribution in [0.15, 0.2) is 36.4 Å². The van der Waals surface area contributed by atoms with Gasteiger partial charge in [-0.05, 0) is 50.4 Å². The van der Waals surface area contributed by atoms with E-state index in [0.29, 0.717) is 44.8 Å². The summed E-state index contributed by atoms with van der Waals surface area (Å²) in [6.07, 6.45) is 3.33. The van der Waals surface area contributed by atoms with Crippen molar-refractivity contribution in [1.82, 2.24) is 19.8 Å². The summed E-state index contributed by atoms with van der Waals surface area (Å²) < 4.78 is 6.31. The first-order valence-electron chi connectivity index (χ1n) is 15.4. The topological polar surface area (TPSA) is 88.8 Å². The Morgan fingerprint density at radius 1 is 1.09 bits per heavy atom. The molecule has 226 valence electrons. The monoisotopic (exact) mass is 601 g/mol. The van der Waals surface area contributed by atoms with Crippen LogP contribution in [0.1, 0.15) is 44.4 Å². The molecule has 0 spiro atoms. The molecule has 2 fully saturated rings. The normalized spacial score (nSPS) is 20.9. The molecule has 0 N–H and O–H groups in total. The van der Waals surface area contributed by atoms with Crippen molar-refractivity contribution in [1.29, 1.82) is 5.26 Å². The minimum Gasteiger partial charge on any atom is -0.462 e. The largest absolute Gasteiger partial charge is 0.462 e. The summed E-state index contributed by atoms with van der Waals surface area (Å²) in [4.78, 5) is 31.8. The molecule has 0 unspecified atom stereocenters. The zero-order chi connectivity index (χ0) is 30.1. The molecule has 10 heteroatoms. The number of nitrogens with zero attached hydrogens (tertiary/aromatic N) is 7. The first-order valence-corrected chi connectivity index (χ1v) is 15.8. The molecule has 2 saturated heterocycles. The molecule has 0 saturated carbocycles. The van der Waals surface area contributed by atoms with Gasteiger partial charge < -0.3 is 24.3 Å². The molecular formula is C33H40ClN7O2. The Morgan fingerprint density at radius 3 is 2.65 bits per heavy atom. The number of piperazine rings is 1. The molecule has 0 bridgehead atoms. The maximum absolute atomic E-state index is 13.0. The van der Waals surface area contributed by atoms with Crippen molar-refractivity contribution in [3.05, 3.63) is 52.7 Å². The summed E-state index contributed by atoms with van der Waals surface area (Å²) in [6, 6.07) is 15.2. The fraction of sp³-hybridized carbons (Fsp3) is 0.515. The second-order valence-electron chi connectivity index (χ2n) is 12.3. The molecule has 0 aliphatic carbocycles. The van der Waals surface area contributed by atoms with Gasteiger partial charge in [0.15, 0.2) is 0 Å². The molecule has 1 amide bonds. The van der Waals surface area contributed by atoms with Gasteiger partial charge in [-0.2, -0.15) is 15.2 Å². The van der Waals surface area contributed by atoms with Gasteiger partial charge in [-0.15, -0.1) is 0 Å². The maximum Gasteiger partial charge on any atom is 0.318 e. The van der Waals surface area contributed by atoms with E-state index in [4.69, 9.17) is 26.3 Å². The molecule has 43 heavy (non-hydrogen) atoms. The number of nitriles is 1. The number of carbonyl (C=O) groups excluding carboxylic acids is 1. The number of hydrogen-bond donors (Lipinski definition) is 0. The number of amides is 1. The molecule has 3 aliphatic heterocycles. The Bertz CT molecular complexity index is 1530. The lowest BCUT2D eigenvalue weighted by Gasteiger charge is -2.43. The van der Waals surface area contributed by atoms with Crippen molar-refractivity contribution in [2.45, 2.75) is 58.2 Å². The number of hydrogen-bond acceptors (Lipinski definition) is 8. The second-order valence-corrected chi connectivity index (χ2v) is 12.7. The fourth-order valence-corrected chi connectivity index (χ4v) is 7.05. The average molecular weight is 602 g/mol. The molecule has 1 aromatic heterocycles. The maximum atomic E-state index is 13.0. The molecule has 3 aliphatic rings. The summed E-state index contributed by atoms with van der Waals surface area (Å²) in [5.41, 5.74) is 3.17. The number of aromatic nitrogens is 2. The number of anilines is 2. The van der Waals surface area contributed by atoms with Crippen molar-refractivity contribution in [3.8, 4) is 12.1 Å². The average Bonchev–Trinajstić information content (AvgIpc) is 3.43. The van der Waals surface area contributed by atoms with Gasteiger partial charge in [0, 0.05) is 54.8 Å². The molecule has 6 rings (SSSR count). The molecule has 3 aromatic rings. The second kappa shape index (κ2) is 12.6. The molecule has 9 nitrogen and oxygen atoms in total. The lowest BCUT2D eigenvalue weighted by molar-refractivity contribution is -0.137. The highest BCUT2D eigenvalue weighted by molar-refractivity contribution is 6.36. The third-order valence-electron chi connectivity index (χ3n) is 9.16. The van der Waals surface area contributed by atoms with Crippen LogP contribution >= 0.6 is 11.6 Å². The van der Waals surface area contributed by atoms with Gasteiger partial charge in [-0.3, -0.25) is 4.79 Å². The van der Waals surface area contributed by atoms with Crippen molar-refractivity contribution in [2.75, 3.05) is 56.2 Å². The number of likely N-dealkylation sites (tertiary alicyclic amines) is 1. The van der Waals surface area contributed by atoms with E-state index in [-0.39, 0.29) is 24.3 Å². The van der Waals surface area contributed by atoms with Crippen LogP contribution in [0.4, 0.5) is 11.5 Å². The third kappa shape index (κ3) is 5.96. The van der Waals surface area contributed by atoms with Gasteiger partial charge in [0.25, 0.3) is 0 Å².